The molecule has 1 aromatic carbocycles. The second-order valence-corrected chi connectivity index (χ2v) is 9.43. The molecule has 0 aromatic heterocycles. The van der Waals surface area contributed by atoms with Crippen molar-refractivity contribution in [2.75, 3.05) is 5.32 Å². The summed E-state index contributed by atoms with van der Waals surface area (Å²) in [7, 11) is -7.99. The zero-order valence-corrected chi connectivity index (χ0v) is 15.4. The first-order chi connectivity index (χ1) is 10.5. The Labute approximate surface area is 141 Å². The van der Waals surface area contributed by atoms with Gasteiger partial charge in [-0.15, -0.1) is 0 Å². The number of halogens is 1. The Morgan fingerprint density at radius 3 is 2.48 bits per heavy atom. The number of nitrogens with one attached hydrogen (secondary N) is 2. The van der Waals surface area contributed by atoms with Crippen molar-refractivity contribution < 1.29 is 16.8 Å². The highest BCUT2D eigenvalue weighted by Gasteiger charge is 2.35. The third kappa shape index (κ3) is 3.63. The molecule has 7 nitrogen and oxygen atoms in total. The van der Waals surface area contributed by atoms with Crippen molar-refractivity contribution in [2.24, 2.45) is 17.0 Å². The minimum Gasteiger partial charge on any atom is -0.368 e. The van der Waals surface area contributed by atoms with Crippen LogP contribution in [0, 0.1) is 11.8 Å². The molecule has 10 heteroatoms. The van der Waals surface area contributed by atoms with Crippen LogP contribution in [0.25, 0.3) is 0 Å². The van der Waals surface area contributed by atoms with E-state index in [-0.39, 0.29) is 27.4 Å². The van der Waals surface area contributed by atoms with Crippen molar-refractivity contribution in [3.8, 4) is 0 Å². The van der Waals surface area contributed by atoms with Crippen molar-refractivity contribution in [3.05, 3.63) is 17.2 Å². The summed E-state index contributed by atoms with van der Waals surface area (Å²) in [6.07, 6.45) is 0.401. The fourth-order valence-electron chi connectivity index (χ4n) is 2.45. The van der Waals surface area contributed by atoms with E-state index in [1.54, 1.807) is 0 Å². The lowest BCUT2D eigenvalue weighted by Gasteiger charge is -2.34. The van der Waals surface area contributed by atoms with Gasteiger partial charge in [0.15, 0.2) is 0 Å². The van der Waals surface area contributed by atoms with Gasteiger partial charge in [-0.2, -0.15) is 4.72 Å². The van der Waals surface area contributed by atoms with Crippen LogP contribution in [0.4, 0.5) is 5.69 Å². The molecule has 1 aliphatic rings. The van der Waals surface area contributed by atoms with Gasteiger partial charge in [0, 0.05) is 0 Å². The van der Waals surface area contributed by atoms with Crippen molar-refractivity contribution in [3.63, 3.8) is 0 Å². The number of hydrogen-bond donors (Lipinski definition) is 3. The molecule has 1 heterocycles. The largest absolute Gasteiger partial charge is 0.368 e. The quantitative estimate of drug-likeness (QED) is 0.733. The predicted molar refractivity (Wildman–Crippen MR) is 89.2 cm³/mol. The molecule has 1 aromatic rings. The molecule has 0 unspecified atom stereocenters. The summed E-state index contributed by atoms with van der Waals surface area (Å²) in [5, 5.41) is 8.02. The second-order valence-electron chi connectivity index (χ2n) is 5.81. The van der Waals surface area contributed by atoms with E-state index in [1.807, 2.05) is 20.8 Å². The number of sulfonamides is 2. The molecule has 0 bridgehead atoms. The van der Waals surface area contributed by atoms with Gasteiger partial charge in [0.1, 0.15) is 9.79 Å². The van der Waals surface area contributed by atoms with Crippen LogP contribution in [0.3, 0.4) is 0 Å². The Morgan fingerprint density at radius 1 is 1.35 bits per heavy atom. The van der Waals surface area contributed by atoms with E-state index in [2.05, 4.69) is 10.0 Å². The molecule has 0 amide bonds. The predicted octanol–water partition coefficient (Wildman–Crippen LogP) is 1.70. The normalized spacial score (nSPS) is 22.7. The van der Waals surface area contributed by atoms with Crippen LogP contribution in [0.5, 0.6) is 0 Å². The smallest absolute Gasteiger partial charge is 0.244 e. The molecule has 23 heavy (non-hydrogen) atoms. The Balaban J connectivity index is 2.53. The number of anilines is 1. The zero-order valence-electron chi connectivity index (χ0n) is 13.0. The first-order valence-electron chi connectivity index (χ1n) is 7.12. The van der Waals surface area contributed by atoms with Crippen LogP contribution in [-0.2, 0) is 20.0 Å². The van der Waals surface area contributed by atoms with Gasteiger partial charge in [-0.1, -0.05) is 38.8 Å². The van der Waals surface area contributed by atoms with E-state index < -0.39 is 31.1 Å². The lowest BCUT2D eigenvalue weighted by Crippen LogP contribution is -2.49. The van der Waals surface area contributed by atoms with E-state index >= 15 is 0 Å². The lowest BCUT2D eigenvalue weighted by molar-refractivity contribution is 0.318. The molecular weight excluding hydrogens is 362 g/mol. The van der Waals surface area contributed by atoms with Gasteiger partial charge in [-0.05, 0) is 24.0 Å². The standard InChI is InChI=1S/C13H20ClN3O4S2/c1-4-7(2)8(3)13-16-10-5-9(14)11(22(15,18)19)6-12(10)23(20,21)17-13/h5-8,13,16-17H,4H2,1-3H3,(H2,15,18,19)/t7-,8+,13-/m1/s1. The Kier molecular flexibility index (Phi) is 4.99. The first kappa shape index (κ1) is 18.5. The highest BCUT2D eigenvalue weighted by Crippen LogP contribution is 2.35. The number of hydrogen-bond acceptors (Lipinski definition) is 5. The maximum absolute atomic E-state index is 12.5. The molecule has 0 fully saturated rings. The van der Waals surface area contributed by atoms with Crippen molar-refractivity contribution in [2.45, 2.75) is 43.1 Å². The Morgan fingerprint density at radius 2 is 1.96 bits per heavy atom. The molecular formula is C13H20ClN3O4S2. The van der Waals surface area contributed by atoms with Gasteiger partial charge in [-0.25, -0.2) is 22.0 Å². The molecule has 1 aliphatic heterocycles. The van der Waals surface area contributed by atoms with Gasteiger partial charge in [0.05, 0.1) is 16.9 Å². The van der Waals surface area contributed by atoms with Gasteiger partial charge in [-0.3, -0.25) is 0 Å². The maximum Gasteiger partial charge on any atom is 0.244 e. The summed E-state index contributed by atoms with van der Waals surface area (Å²) in [5.74, 6) is 0.315. The average Bonchev–Trinajstić information content (AvgIpc) is 2.42. The summed E-state index contributed by atoms with van der Waals surface area (Å²) in [5.41, 5.74) is 0.265. The number of primary sulfonamides is 1. The highest BCUT2D eigenvalue weighted by molar-refractivity contribution is 7.90. The van der Waals surface area contributed by atoms with Crippen molar-refractivity contribution in [1.29, 1.82) is 0 Å². The molecule has 3 atom stereocenters. The average molecular weight is 382 g/mol. The zero-order chi connectivity index (χ0) is 17.6. The summed E-state index contributed by atoms with van der Waals surface area (Å²) >= 11 is 5.94. The van der Waals surface area contributed by atoms with Gasteiger partial charge in [0.2, 0.25) is 20.0 Å². The third-order valence-electron chi connectivity index (χ3n) is 4.29. The van der Waals surface area contributed by atoms with Crippen molar-refractivity contribution >= 4 is 37.3 Å². The van der Waals surface area contributed by atoms with Crippen LogP contribution in [-0.4, -0.2) is 23.0 Å². The summed E-state index contributed by atoms with van der Waals surface area (Å²) in [6, 6.07) is 2.26. The first-order valence-corrected chi connectivity index (χ1v) is 10.5. The minimum absolute atomic E-state index is 0.0274. The van der Waals surface area contributed by atoms with E-state index in [0.717, 1.165) is 12.5 Å². The molecule has 4 N–H and O–H groups in total. The molecule has 0 saturated carbocycles. The summed E-state index contributed by atoms with van der Waals surface area (Å²) < 4.78 is 50.5. The summed E-state index contributed by atoms with van der Waals surface area (Å²) in [4.78, 5) is -0.600. The van der Waals surface area contributed by atoms with Gasteiger partial charge in [0.25, 0.3) is 0 Å². The lowest BCUT2D eigenvalue weighted by atomic mass is 9.91. The van der Waals surface area contributed by atoms with Crippen LogP contribution >= 0.6 is 11.6 Å². The molecule has 0 spiro atoms. The van der Waals surface area contributed by atoms with E-state index in [1.165, 1.54) is 6.07 Å². The minimum atomic E-state index is -4.12. The fourth-order valence-corrected chi connectivity index (χ4v) is 5.04. The molecule has 130 valence electrons. The van der Waals surface area contributed by atoms with Crippen molar-refractivity contribution in [1.82, 2.24) is 4.72 Å². The van der Waals surface area contributed by atoms with Gasteiger partial charge >= 0.3 is 0 Å². The third-order valence-corrected chi connectivity index (χ3v) is 7.15. The number of benzene rings is 1. The van der Waals surface area contributed by atoms with Crippen LogP contribution in [0.1, 0.15) is 27.2 Å². The summed E-state index contributed by atoms with van der Waals surface area (Å²) in [6.45, 7) is 6.01. The maximum atomic E-state index is 12.5. The molecule has 0 aliphatic carbocycles. The fraction of sp³-hybridized carbons (Fsp3) is 0.538. The number of nitrogens with two attached hydrogens (primary N) is 1. The van der Waals surface area contributed by atoms with Crippen LogP contribution in [0.15, 0.2) is 21.9 Å². The Hall–Kier alpha value is -0.870. The van der Waals surface area contributed by atoms with Crippen LogP contribution in [0.2, 0.25) is 5.02 Å². The number of fused-ring (bicyclic) bond motifs is 1. The van der Waals surface area contributed by atoms with E-state index in [4.69, 9.17) is 16.7 Å². The SMILES string of the molecule is CC[C@@H](C)[C@H](C)[C@@H]1Nc2cc(Cl)c(S(N)(=O)=O)cc2S(=O)(=O)N1. The number of rotatable bonds is 4. The molecule has 0 saturated heterocycles. The van der Waals surface area contributed by atoms with E-state index in [9.17, 15) is 16.8 Å². The second kappa shape index (κ2) is 6.21. The monoisotopic (exact) mass is 381 g/mol. The molecule has 2 rings (SSSR count). The molecule has 0 radical (unpaired) electrons. The van der Waals surface area contributed by atoms with Gasteiger partial charge < -0.3 is 5.32 Å². The van der Waals surface area contributed by atoms with E-state index in [0.29, 0.717) is 0 Å². The highest BCUT2D eigenvalue weighted by atomic mass is 35.5. The van der Waals surface area contributed by atoms with Crippen LogP contribution < -0.4 is 15.2 Å². The topological polar surface area (TPSA) is 118 Å². The Bertz CT molecular complexity index is 824.